The lowest BCUT2D eigenvalue weighted by Crippen LogP contribution is -2.40. The summed E-state index contributed by atoms with van der Waals surface area (Å²) >= 11 is 0. The number of aliphatic imine (C=N–C) groups is 1. The molecule has 0 spiro atoms. The smallest absolute Gasteiger partial charge is 0.215 e. The molecule has 1 rings (SSSR count). The van der Waals surface area contributed by atoms with E-state index in [9.17, 15) is 4.91 Å². The summed E-state index contributed by atoms with van der Waals surface area (Å²) in [5.41, 5.74) is 0. The van der Waals surface area contributed by atoms with Crippen molar-refractivity contribution in [3.63, 3.8) is 0 Å². The monoisotopic (exact) mass is 350 g/mol. The largest absolute Gasteiger partial charge is 0.233 e. The molecule has 1 atom stereocenters. The van der Waals surface area contributed by atoms with Gasteiger partial charge in [0, 0.05) is 0 Å². The zero-order chi connectivity index (χ0) is 18.1. The number of hydrogen-bond donors (Lipinski definition) is 0. The maximum atomic E-state index is 10.9. The molecule has 0 N–H and O–H groups in total. The third-order valence-electron chi connectivity index (χ3n) is 5.13. The molecular weight excluding hydrogens is 310 g/mol. The molecule has 0 aromatic rings. The fraction of sp³-hybridized carbons (Fsp3) is 0.857. The second-order valence-electron chi connectivity index (χ2n) is 7.48. The predicted molar refractivity (Wildman–Crippen MR) is 109 cm³/mol. The Bertz CT molecular complexity index is 381. The van der Waals surface area contributed by atoms with Crippen LogP contribution in [0.25, 0.3) is 0 Å². The van der Waals surface area contributed by atoms with Crippen LogP contribution in [0.2, 0.25) is 0 Å². The zero-order valence-corrected chi connectivity index (χ0v) is 16.5. The van der Waals surface area contributed by atoms with Crippen molar-refractivity contribution < 1.29 is 4.59 Å². The lowest BCUT2D eigenvalue weighted by Gasteiger charge is -2.17. The van der Waals surface area contributed by atoms with Gasteiger partial charge in [0.05, 0.1) is 6.54 Å². The number of hydrogen-bond acceptors (Lipinski definition) is 3. The van der Waals surface area contributed by atoms with Crippen LogP contribution in [0.5, 0.6) is 0 Å². The molecule has 0 aromatic carbocycles. The van der Waals surface area contributed by atoms with Gasteiger partial charge in [-0.2, -0.15) is 0 Å². The van der Waals surface area contributed by atoms with Crippen molar-refractivity contribution in [3.8, 4) is 0 Å². The molecule has 0 bridgehead atoms. The average molecular weight is 351 g/mol. The fourth-order valence-corrected chi connectivity index (χ4v) is 3.40. The van der Waals surface area contributed by atoms with Gasteiger partial charge in [0.1, 0.15) is 13.1 Å². The Morgan fingerprint density at radius 3 is 1.96 bits per heavy atom. The number of quaternary nitrogens is 1. The van der Waals surface area contributed by atoms with Crippen LogP contribution in [0.4, 0.5) is 0 Å². The molecule has 4 nitrogen and oxygen atoms in total. The Morgan fingerprint density at radius 2 is 1.44 bits per heavy atom. The van der Waals surface area contributed by atoms with Gasteiger partial charge in [0.15, 0.2) is 5.29 Å². The highest BCUT2D eigenvalue weighted by atomic mass is 16.3. The number of allylic oxidation sites excluding steroid dienone is 2. The van der Waals surface area contributed by atoms with Crippen LogP contribution < -0.4 is 0 Å². The Hall–Kier alpha value is -1.03. The quantitative estimate of drug-likeness (QED) is 0.127. The topological polar surface area (TPSA) is 41.8 Å². The van der Waals surface area contributed by atoms with Gasteiger partial charge >= 0.3 is 0 Å². The van der Waals surface area contributed by atoms with E-state index in [-0.39, 0.29) is 4.59 Å². The second-order valence-corrected chi connectivity index (χ2v) is 7.48. The van der Waals surface area contributed by atoms with Crippen LogP contribution in [0.15, 0.2) is 22.4 Å². The van der Waals surface area contributed by atoms with Crippen LogP contribution in [0.3, 0.4) is 0 Å². The van der Waals surface area contributed by atoms with Gasteiger partial charge in [-0.25, -0.2) is 4.99 Å². The van der Waals surface area contributed by atoms with E-state index in [0.29, 0.717) is 0 Å². The number of nitrogens with zero attached hydrogens (tertiary/aromatic N) is 3. The van der Waals surface area contributed by atoms with Gasteiger partial charge in [-0.15, -0.1) is 4.59 Å². The van der Waals surface area contributed by atoms with Crippen molar-refractivity contribution in [1.29, 1.82) is 0 Å². The van der Waals surface area contributed by atoms with E-state index in [1.54, 1.807) is 6.34 Å². The molecule has 25 heavy (non-hydrogen) atoms. The Kier molecular flexibility index (Phi) is 13.4. The number of nitroso groups, excluding NO2 is 1. The molecule has 0 saturated carbocycles. The highest BCUT2D eigenvalue weighted by Crippen LogP contribution is 2.14. The maximum absolute atomic E-state index is 10.9. The number of rotatable bonds is 17. The molecule has 0 aromatic heterocycles. The Balaban J connectivity index is 1.80. The van der Waals surface area contributed by atoms with E-state index >= 15 is 0 Å². The SMILES string of the molecule is CCCCCCCC/C=C\CCCCCCCC[N+]1(N=O)C=NCC1. The highest BCUT2D eigenvalue weighted by molar-refractivity contribution is 5.47. The van der Waals surface area contributed by atoms with Crippen LogP contribution in [-0.4, -0.2) is 30.6 Å². The molecule has 0 saturated heterocycles. The van der Waals surface area contributed by atoms with Crippen LogP contribution in [0.1, 0.15) is 96.8 Å². The van der Waals surface area contributed by atoms with Gasteiger partial charge in [-0.05, 0) is 38.5 Å². The normalized spacial score (nSPS) is 19.9. The summed E-state index contributed by atoms with van der Waals surface area (Å²) in [7, 11) is 0. The van der Waals surface area contributed by atoms with Crippen molar-refractivity contribution in [2.75, 3.05) is 19.6 Å². The molecule has 0 amide bonds. The molecule has 0 radical (unpaired) electrons. The van der Waals surface area contributed by atoms with E-state index in [4.69, 9.17) is 0 Å². The van der Waals surface area contributed by atoms with E-state index in [2.05, 4.69) is 29.4 Å². The summed E-state index contributed by atoms with van der Waals surface area (Å²) in [6.07, 6.45) is 24.8. The zero-order valence-electron chi connectivity index (χ0n) is 16.5. The predicted octanol–water partition coefficient (Wildman–Crippen LogP) is 6.56. The molecule has 4 heteroatoms. The molecule has 0 aliphatic carbocycles. The lowest BCUT2D eigenvalue weighted by atomic mass is 10.1. The van der Waals surface area contributed by atoms with Crippen LogP contribution >= 0.6 is 0 Å². The van der Waals surface area contributed by atoms with Gasteiger partial charge < -0.3 is 0 Å². The van der Waals surface area contributed by atoms with Crippen molar-refractivity contribution in [3.05, 3.63) is 17.1 Å². The fourth-order valence-electron chi connectivity index (χ4n) is 3.40. The molecule has 1 heterocycles. The minimum atomic E-state index is 0.212. The van der Waals surface area contributed by atoms with Gasteiger partial charge in [-0.3, -0.25) is 0 Å². The first kappa shape index (κ1) is 22.0. The van der Waals surface area contributed by atoms with Crippen LogP contribution in [-0.2, 0) is 0 Å². The third kappa shape index (κ3) is 11.2. The first-order chi connectivity index (χ1) is 12.3. The maximum Gasteiger partial charge on any atom is 0.215 e. The first-order valence-corrected chi connectivity index (χ1v) is 10.7. The van der Waals surface area contributed by atoms with Crippen molar-refractivity contribution in [2.24, 2.45) is 10.3 Å². The number of unbranched alkanes of at least 4 members (excludes halogenated alkanes) is 12. The van der Waals surface area contributed by atoms with E-state index in [0.717, 1.165) is 26.1 Å². The summed E-state index contributed by atoms with van der Waals surface area (Å²) in [5, 5.41) is 3.26. The molecule has 0 fully saturated rings. The van der Waals surface area contributed by atoms with Gasteiger partial charge in [0.2, 0.25) is 6.34 Å². The molecule has 1 unspecified atom stereocenters. The summed E-state index contributed by atoms with van der Waals surface area (Å²) in [4.78, 5) is 15.1. The summed E-state index contributed by atoms with van der Waals surface area (Å²) in [6.45, 7) is 4.61. The second kappa shape index (κ2) is 15.2. The van der Waals surface area contributed by atoms with Crippen molar-refractivity contribution in [2.45, 2.75) is 96.8 Å². The summed E-state index contributed by atoms with van der Waals surface area (Å²) in [5.74, 6) is 0. The molecule has 144 valence electrons. The van der Waals surface area contributed by atoms with Crippen molar-refractivity contribution >= 4 is 6.34 Å². The minimum Gasteiger partial charge on any atom is -0.233 e. The molecular formula is C21H40N3O+. The van der Waals surface area contributed by atoms with E-state index in [1.165, 1.54) is 83.5 Å². The average Bonchev–Trinajstić information content (AvgIpc) is 3.11. The van der Waals surface area contributed by atoms with E-state index in [1.807, 2.05) is 0 Å². The van der Waals surface area contributed by atoms with E-state index < -0.39 is 0 Å². The van der Waals surface area contributed by atoms with Gasteiger partial charge in [-0.1, -0.05) is 75.3 Å². The Labute approximate surface area is 155 Å². The standard InChI is InChI=1S/C21H40N3O/c1-2-3-4-5-6-7-8-9-10-11-12-13-14-15-16-17-19-24(23-25)20-18-22-21-24/h9-10,21H,2-8,11-20H2,1H3/q+1/b10-9-. The Morgan fingerprint density at radius 1 is 0.880 bits per heavy atom. The molecule has 1 aliphatic heterocycles. The highest BCUT2D eigenvalue weighted by Gasteiger charge is 2.30. The lowest BCUT2D eigenvalue weighted by molar-refractivity contribution is -0.837. The summed E-state index contributed by atoms with van der Waals surface area (Å²) in [6, 6.07) is 0. The third-order valence-corrected chi connectivity index (χ3v) is 5.13. The minimum absolute atomic E-state index is 0.212. The van der Waals surface area contributed by atoms with Crippen molar-refractivity contribution in [1.82, 2.24) is 0 Å². The van der Waals surface area contributed by atoms with Crippen LogP contribution in [0, 0.1) is 4.91 Å². The molecule has 1 aliphatic rings. The summed E-state index contributed by atoms with van der Waals surface area (Å²) < 4.78 is 0.212. The first-order valence-electron chi connectivity index (χ1n) is 10.7. The van der Waals surface area contributed by atoms with Gasteiger partial charge in [0.25, 0.3) is 0 Å².